The Morgan fingerprint density at radius 2 is 2.36 bits per heavy atom. The lowest BCUT2D eigenvalue weighted by molar-refractivity contribution is 1.13. The summed E-state index contributed by atoms with van der Waals surface area (Å²) in [6.45, 7) is 2.03. The molecule has 0 unspecified atom stereocenters. The normalized spacial score (nSPS) is 17.0. The summed E-state index contributed by atoms with van der Waals surface area (Å²) >= 11 is 0. The predicted octanol–water partition coefficient (Wildman–Crippen LogP) is 3.40. The fourth-order valence-electron chi connectivity index (χ4n) is 1.05. The van der Waals surface area contributed by atoms with Crippen LogP contribution in [0.5, 0.6) is 0 Å². The van der Waals surface area contributed by atoms with E-state index in [9.17, 15) is 0 Å². The monoisotopic (exact) mass is 146 g/mol. The van der Waals surface area contributed by atoms with E-state index < -0.39 is 0 Å². The average molecular weight is 146 g/mol. The molecule has 0 atom stereocenters. The van der Waals surface area contributed by atoms with Gasteiger partial charge in [0.2, 0.25) is 0 Å². The van der Waals surface area contributed by atoms with Crippen molar-refractivity contribution >= 4 is 0 Å². The predicted molar refractivity (Wildman–Crippen MR) is 50.4 cm³/mol. The Morgan fingerprint density at radius 3 is 3.00 bits per heavy atom. The van der Waals surface area contributed by atoms with Crippen LogP contribution in [0.1, 0.15) is 19.8 Å². The summed E-state index contributed by atoms with van der Waals surface area (Å²) in [5.74, 6) is 0. The quantitative estimate of drug-likeness (QED) is 0.535. The minimum absolute atomic E-state index is 1.09. The van der Waals surface area contributed by atoms with E-state index in [1.165, 1.54) is 5.57 Å². The van der Waals surface area contributed by atoms with Crippen LogP contribution in [0.2, 0.25) is 0 Å². The first kappa shape index (κ1) is 8.06. The third kappa shape index (κ3) is 3.03. The molecule has 0 radical (unpaired) electrons. The summed E-state index contributed by atoms with van der Waals surface area (Å²) in [6.07, 6.45) is 17.1. The molecule has 0 saturated heterocycles. The molecule has 0 heterocycles. The van der Waals surface area contributed by atoms with Crippen LogP contribution in [0.15, 0.2) is 48.1 Å². The Hall–Kier alpha value is -1.04. The van der Waals surface area contributed by atoms with Crippen LogP contribution in [0.4, 0.5) is 0 Å². The molecule has 0 aromatic heterocycles. The molecule has 0 nitrogen and oxygen atoms in total. The van der Waals surface area contributed by atoms with Gasteiger partial charge in [0.15, 0.2) is 0 Å². The highest BCUT2D eigenvalue weighted by molar-refractivity contribution is 5.25. The van der Waals surface area contributed by atoms with Crippen molar-refractivity contribution in [1.29, 1.82) is 0 Å². The molecule has 1 rings (SSSR count). The van der Waals surface area contributed by atoms with Crippen molar-refractivity contribution in [2.75, 3.05) is 0 Å². The van der Waals surface area contributed by atoms with Crippen LogP contribution < -0.4 is 0 Å². The number of rotatable bonds is 3. The molecule has 1 aliphatic carbocycles. The first-order valence-electron chi connectivity index (χ1n) is 4.06. The van der Waals surface area contributed by atoms with E-state index in [0.717, 1.165) is 12.8 Å². The molecular weight excluding hydrogens is 132 g/mol. The minimum Gasteiger partial charge on any atom is -0.0877 e. The average Bonchev–Trinajstić information content (AvgIpc) is 2.50. The summed E-state index contributed by atoms with van der Waals surface area (Å²) < 4.78 is 0. The van der Waals surface area contributed by atoms with E-state index in [-0.39, 0.29) is 0 Å². The largest absolute Gasteiger partial charge is 0.0877 e. The Bertz CT molecular complexity index is 214. The Labute approximate surface area is 68.6 Å². The van der Waals surface area contributed by atoms with Gasteiger partial charge in [-0.1, -0.05) is 48.1 Å². The van der Waals surface area contributed by atoms with Gasteiger partial charge in [0.25, 0.3) is 0 Å². The van der Waals surface area contributed by atoms with Gasteiger partial charge in [0, 0.05) is 0 Å². The molecule has 0 aromatic carbocycles. The number of allylic oxidation sites excluding steroid dienone is 8. The Morgan fingerprint density at radius 1 is 1.45 bits per heavy atom. The van der Waals surface area contributed by atoms with E-state index in [1.807, 2.05) is 13.0 Å². The van der Waals surface area contributed by atoms with Crippen LogP contribution in [-0.4, -0.2) is 0 Å². The van der Waals surface area contributed by atoms with Crippen molar-refractivity contribution < 1.29 is 0 Å². The van der Waals surface area contributed by atoms with E-state index >= 15 is 0 Å². The van der Waals surface area contributed by atoms with Crippen LogP contribution in [0.3, 0.4) is 0 Å². The maximum atomic E-state index is 2.19. The van der Waals surface area contributed by atoms with Gasteiger partial charge in [-0.05, 0) is 19.8 Å². The van der Waals surface area contributed by atoms with Crippen LogP contribution in [0, 0.1) is 0 Å². The van der Waals surface area contributed by atoms with Crippen molar-refractivity contribution in [2.24, 2.45) is 0 Å². The van der Waals surface area contributed by atoms with Crippen molar-refractivity contribution in [3.8, 4) is 0 Å². The van der Waals surface area contributed by atoms with E-state index in [4.69, 9.17) is 0 Å². The lowest BCUT2D eigenvalue weighted by Crippen LogP contribution is -1.72. The van der Waals surface area contributed by atoms with E-state index in [2.05, 4.69) is 36.5 Å². The third-order valence-electron chi connectivity index (χ3n) is 1.67. The van der Waals surface area contributed by atoms with Gasteiger partial charge in [0.1, 0.15) is 0 Å². The zero-order valence-corrected chi connectivity index (χ0v) is 6.96. The van der Waals surface area contributed by atoms with Crippen LogP contribution in [0.25, 0.3) is 0 Å². The Balaban J connectivity index is 2.22. The zero-order chi connectivity index (χ0) is 7.94. The van der Waals surface area contributed by atoms with Gasteiger partial charge < -0.3 is 0 Å². The van der Waals surface area contributed by atoms with Crippen molar-refractivity contribution in [3.63, 3.8) is 0 Å². The summed E-state index contributed by atoms with van der Waals surface area (Å²) in [6, 6.07) is 0. The van der Waals surface area contributed by atoms with Gasteiger partial charge in [-0.15, -0.1) is 0 Å². The van der Waals surface area contributed by atoms with Gasteiger partial charge in [-0.3, -0.25) is 0 Å². The molecule has 11 heavy (non-hydrogen) atoms. The minimum atomic E-state index is 1.09. The second-order valence-corrected chi connectivity index (χ2v) is 2.62. The number of hydrogen-bond donors (Lipinski definition) is 0. The lowest BCUT2D eigenvalue weighted by Gasteiger charge is -1.92. The molecule has 0 bridgehead atoms. The molecule has 0 N–H and O–H groups in total. The highest BCUT2D eigenvalue weighted by Gasteiger charge is 1.94. The van der Waals surface area contributed by atoms with Crippen LogP contribution in [-0.2, 0) is 0 Å². The second kappa shape index (κ2) is 4.73. The maximum absolute atomic E-state index is 2.19. The SMILES string of the molecule is CC=CC=CCC1=CC=CC1. The second-order valence-electron chi connectivity index (χ2n) is 2.62. The van der Waals surface area contributed by atoms with Crippen LogP contribution >= 0.6 is 0 Å². The molecule has 0 aliphatic heterocycles. The molecule has 0 heteroatoms. The Kier molecular flexibility index (Phi) is 3.46. The molecule has 58 valence electrons. The summed E-state index contributed by atoms with van der Waals surface area (Å²) in [4.78, 5) is 0. The highest BCUT2D eigenvalue weighted by atomic mass is 14.0. The summed E-state index contributed by atoms with van der Waals surface area (Å²) in [5, 5.41) is 0. The first-order valence-corrected chi connectivity index (χ1v) is 4.06. The van der Waals surface area contributed by atoms with Crippen molar-refractivity contribution in [1.82, 2.24) is 0 Å². The summed E-state index contributed by atoms with van der Waals surface area (Å²) in [5.41, 5.74) is 1.51. The summed E-state index contributed by atoms with van der Waals surface area (Å²) in [7, 11) is 0. The van der Waals surface area contributed by atoms with Crippen molar-refractivity contribution in [2.45, 2.75) is 19.8 Å². The maximum Gasteiger partial charge on any atom is -0.0129 e. The van der Waals surface area contributed by atoms with Gasteiger partial charge in [-0.2, -0.15) is 0 Å². The van der Waals surface area contributed by atoms with E-state index in [0.29, 0.717) is 0 Å². The van der Waals surface area contributed by atoms with Gasteiger partial charge in [-0.25, -0.2) is 0 Å². The topological polar surface area (TPSA) is 0 Å². The highest BCUT2D eigenvalue weighted by Crippen LogP contribution is 2.14. The molecule has 0 aromatic rings. The molecule has 0 spiro atoms. The molecule has 0 fully saturated rings. The number of hydrogen-bond acceptors (Lipinski definition) is 0. The molecule has 0 saturated carbocycles. The molecule has 1 aliphatic rings. The zero-order valence-electron chi connectivity index (χ0n) is 6.96. The molecular formula is C11H14. The van der Waals surface area contributed by atoms with Gasteiger partial charge >= 0.3 is 0 Å². The fraction of sp³-hybridized carbons (Fsp3) is 0.273. The van der Waals surface area contributed by atoms with E-state index in [1.54, 1.807) is 0 Å². The first-order chi connectivity index (χ1) is 5.43. The smallest absolute Gasteiger partial charge is 0.0129 e. The van der Waals surface area contributed by atoms with Crippen molar-refractivity contribution in [3.05, 3.63) is 48.1 Å². The molecule has 0 amide bonds. The standard InChI is InChI=1S/C11H14/c1-2-3-4-5-8-11-9-6-7-10-11/h2-7,9H,8,10H2,1H3. The van der Waals surface area contributed by atoms with Gasteiger partial charge in [0.05, 0.1) is 0 Å². The lowest BCUT2D eigenvalue weighted by atomic mass is 10.1. The third-order valence-corrected chi connectivity index (χ3v) is 1.67. The fourth-order valence-corrected chi connectivity index (χ4v) is 1.05.